The number of methoxy groups -OCH3 is 1. The Morgan fingerprint density at radius 1 is 1.24 bits per heavy atom. The average Bonchev–Trinajstić information content (AvgIpc) is 2.45. The fourth-order valence-electron chi connectivity index (χ4n) is 2.65. The zero-order chi connectivity index (χ0) is 15.4. The molecule has 1 atom stereocenters. The number of nitrogens with one attached hydrogen (secondary N) is 1. The number of hydrazine groups is 1. The molecule has 0 aliphatic heterocycles. The first kappa shape index (κ1) is 15.5. The molecule has 0 amide bonds. The topological polar surface area (TPSA) is 47.3 Å². The van der Waals surface area contributed by atoms with Crippen molar-refractivity contribution in [3.8, 4) is 5.75 Å². The van der Waals surface area contributed by atoms with E-state index in [4.69, 9.17) is 10.6 Å². The number of hydrogen-bond donors (Lipinski definition) is 2. The number of ether oxygens (including phenoxy) is 1. The summed E-state index contributed by atoms with van der Waals surface area (Å²) in [6, 6.07) is 10.9. The van der Waals surface area contributed by atoms with Crippen molar-refractivity contribution in [3.05, 3.63) is 64.5 Å². The van der Waals surface area contributed by atoms with E-state index in [1.165, 1.54) is 6.07 Å². The van der Waals surface area contributed by atoms with E-state index in [-0.39, 0.29) is 11.9 Å². The Hall–Kier alpha value is -1.91. The Balaban J connectivity index is 2.32. The second-order valence-electron chi connectivity index (χ2n) is 5.25. The van der Waals surface area contributed by atoms with Gasteiger partial charge >= 0.3 is 0 Å². The van der Waals surface area contributed by atoms with Gasteiger partial charge in [-0.2, -0.15) is 0 Å². The average molecular weight is 288 g/mol. The molecule has 0 aliphatic rings. The Morgan fingerprint density at radius 2 is 2.00 bits per heavy atom. The van der Waals surface area contributed by atoms with Crippen molar-refractivity contribution in [2.75, 3.05) is 7.11 Å². The largest absolute Gasteiger partial charge is 0.497 e. The van der Waals surface area contributed by atoms with Crippen LogP contribution < -0.4 is 16.0 Å². The van der Waals surface area contributed by atoms with Gasteiger partial charge in [-0.3, -0.25) is 11.3 Å². The summed E-state index contributed by atoms with van der Waals surface area (Å²) in [4.78, 5) is 0. The second-order valence-corrected chi connectivity index (χ2v) is 5.25. The van der Waals surface area contributed by atoms with Crippen molar-refractivity contribution < 1.29 is 9.13 Å². The molecule has 2 rings (SSSR count). The van der Waals surface area contributed by atoms with Crippen molar-refractivity contribution in [1.29, 1.82) is 0 Å². The normalized spacial score (nSPS) is 12.2. The molecule has 0 saturated heterocycles. The molecule has 0 fully saturated rings. The summed E-state index contributed by atoms with van der Waals surface area (Å²) in [7, 11) is 1.63. The number of hydrogen-bond acceptors (Lipinski definition) is 3. The van der Waals surface area contributed by atoms with E-state index in [1.54, 1.807) is 7.11 Å². The van der Waals surface area contributed by atoms with Crippen LogP contribution in [0.1, 0.15) is 28.3 Å². The molecule has 4 heteroatoms. The van der Waals surface area contributed by atoms with Gasteiger partial charge in [0.2, 0.25) is 0 Å². The Labute approximate surface area is 124 Å². The van der Waals surface area contributed by atoms with Crippen LogP contribution in [0, 0.1) is 19.7 Å². The minimum absolute atomic E-state index is 0.224. The van der Waals surface area contributed by atoms with Gasteiger partial charge in [0, 0.05) is 5.56 Å². The van der Waals surface area contributed by atoms with Crippen molar-refractivity contribution in [2.45, 2.75) is 26.3 Å². The quantitative estimate of drug-likeness (QED) is 0.656. The smallest absolute Gasteiger partial charge is 0.128 e. The Bertz CT molecular complexity index is 605. The van der Waals surface area contributed by atoms with E-state index in [0.717, 1.165) is 22.4 Å². The molecule has 1 unspecified atom stereocenters. The van der Waals surface area contributed by atoms with Crippen LogP contribution in [0.25, 0.3) is 0 Å². The predicted octanol–water partition coefficient (Wildman–Crippen LogP) is 3.20. The standard InChI is InChI=1S/C17H21FN2O/c1-11-7-12(2)17(15(18)8-11)16(20-19)10-13-5-4-6-14(9-13)21-3/h4-9,16,20H,10,19H2,1-3H3. The molecule has 0 aromatic heterocycles. The van der Waals surface area contributed by atoms with Gasteiger partial charge in [-0.25, -0.2) is 4.39 Å². The Morgan fingerprint density at radius 3 is 2.62 bits per heavy atom. The lowest BCUT2D eigenvalue weighted by Gasteiger charge is -2.20. The first-order valence-electron chi connectivity index (χ1n) is 6.91. The maximum absolute atomic E-state index is 14.3. The minimum atomic E-state index is -0.280. The highest BCUT2D eigenvalue weighted by atomic mass is 19.1. The SMILES string of the molecule is COc1cccc(CC(NN)c2c(C)cc(C)cc2F)c1. The third-order valence-electron chi connectivity index (χ3n) is 3.60. The summed E-state index contributed by atoms with van der Waals surface area (Å²) in [5.41, 5.74) is 6.19. The summed E-state index contributed by atoms with van der Waals surface area (Å²) >= 11 is 0. The van der Waals surface area contributed by atoms with Crippen molar-refractivity contribution >= 4 is 0 Å². The lowest BCUT2D eigenvalue weighted by molar-refractivity contribution is 0.413. The number of rotatable bonds is 5. The lowest BCUT2D eigenvalue weighted by Crippen LogP contribution is -2.31. The second kappa shape index (κ2) is 6.70. The van der Waals surface area contributed by atoms with Gasteiger partial charge in [-0.15, -0.1) is 0 Å². The van der Waals surface area contributed by atoms with E-state index in [0.29, 0.717) is 12.0 Å². The maximum Gasteiger partial charge on any atom is 0.128 e. The van der Waals surface area contributed by atoms with Crippen LogP contribution in [0.2, 0.25) is 0 Å². The van der Waals surface area contributed by atoms with Gasteiger partial charge in [0.05, 0.1) is 13.2 Å². The summed E-state index contributed by atoms with van der Waals surface area (Å²) in [5.74, 6) is 6.21. The van der Waals surface area contributed by atoms with Crippen molar-refractivity contribution in [2.24, 2.45) is 5.84 Å². The number of nitrogens with two attached hydrogens (primary N) is 1. The van der Waals surface area contributed by atoms with Crippen LogP contribution in [-0.2, 0) is 6.42 Å². The molecule has 0 spiro atoms. The zero-order valence-electron chi connectivity index (χ0n) is 12.6. The van der Waals surface area contributed by atoms with E-state index in [1.807, 2.05) is 44.2 Å². The van der Waals surface area contributed by atoms with E-state index in [2.05, 4.69) is 5.43 Å². The first-order valence-corrected chi connectivity index (χ1v) is 6.91. The number of aryl methyl sites for hydroxylation is 2. The van der Waals surface area contributed by atoms with Crippen LogP contribution in [0.15, 0.2) is 36.4 Å². The molecule has 0 saturated carbocycles. The minimum Gasteiger partial charge on any atom is -0.497 e. The summed E-state index contributed by atoms with van der Waals surface area (Å²) < 4.78 is 19.5. The van der Waals surface area contributed by atoms with Crippen LogP contribution in [0.5, 0.6) is 5.75 Å². The molecule has 21 heavy (non-hydrogen) atoms. The molecule has 0 heterocycles. The van der Waals surface area contributed by atoms with Gasteiger partial charge in [0.15, 0.2) is 0 Å². The fraction of sp³-hybridized carbons (Fsp3) is 0.294. The van der Waals surface area contributed by atoms with Crippen LogP contribution in [0.4, 0.5) is 4.39 Å². The highest BCUT2D eigenvalue weighted by molar-refractivity contribution is 5.36. The molecule has 3 N–H and O–H groups in total. The summed E-state index contributed by atoms with van der Waals surface area (Å²) in [6.07, 6.45) is 0.592. The molecule has 3 nitrogen and oxygen atoms in total. The van der Waals surface area contributed by atoms with Gasteiger partial charge in [-0.1, -0.05) is 18.2 Å². The van der Waals surface area contributed by atoms with Gasteiger partial charge in [0.25, 0.3) is 0 Å². The van der Waals surface area contributed by atoms with Crippen LogP contribution >= 0.6 is 0 Å². The monoisotopic (exact) mass is 288 g/mol. The highest BCUT2D eigenvalue weighted by Gasteiger charge is 2.18. The van der Waals surface area contributed by atoms with Gasteiger partial charge in [-0.05, 0) is 55.2 Å². The van der Waals surface area contributed by atoms with Crippen LogP contribution in [0.3, 0.4) is 0 Å². The van der Waals surface area contributed by atoms with Gasteiger partial charge in [0.1, 0.15) is 11.6 Å². The third kappa shape index (κ3) is 3.60. The maximum atomic E-state index is 14.3. The fourth-order valence-corrected chi connectivity index (χ4v) is 2.65. The predicted molar refractivity (Wildman–Crippen MR) is 82.6 cm³/mol. The first-order chi connectivity index (χ1) is 10.0. The van der Waals surface area contributed by atoms with Crippen LogP contribution in [-0.4, -0.2) is 7.11 Å². The lowest BCUT2D eigenvalue weighted by atomic mass is 9.94. The molecule has 0 radical (unpaired) electrons. The van der Waals surface area contributed by atoms with Crippen molar-refractivity contribution in [3.63, 3.8) is 0 Å². The van der Waals surface area contributed by atoms with E-state index in [9.17, 15) is 4.39 Å². The molecule has 2 aromatic rings. The zero-order valence-corrected chi connectivity index (χ0v) is 12.6. The number of benzene rings is 2. The molecular formula is C17H21FN2O. The van der Waals surface area contributed by atoms with E-state index >= 15 is 0 Å². The molecule has 112 valence electrons. The summed E-state index contributed by atoms with van der Waals surface area (Å²) in [6.45, 7) is 3.79. The Kier molecular flexibility index (Phi) is 4.94. The molecule has 2 aromatic carbocycles. The number of halogens is 1. The third-order valence-corrected chi connectivity index (χ3v) is 3.60. The molecule has 0 bridgehead atoms. The highest BCUT2D eigenvalue weighted by Crippen LogP contribution is 2.26. The van der Waals surface area contributed by atoms with Gasteiger partial charge < -0.3 is 4.74 Å². The van der Waals surface area contributed by atoms with E-state index < -0.39 is 0 Å². The molecule has 0 aliphatic carbocycles. The molecular weight excluding hydrogens is 267 g/mol. The summed E-state index contributed by atoms with van der Waals surface area (Å²) in [5, 5.41) is 0. The van der Waals surface area contributed by atoms with Crippen molar-refractivity contribution in [1.82, 2.24) is 5.43 Å².